The fraction of sp³-hybridized carbons (Fsp3) is 0.562. The van der Waals surface area contributed by atoms with Gasteiger partial charge in [-0.2, -0.15) is 0 Å². The Bertz CT molecular complexity index is 454. The number of nitrogens with zero attached hydrogens (tertiary/aromatic N) is 1. The molecular weight excluding hydrogens is 302 g/mol. The molecule has 1 aliphatic rings. The Morgan fingerprint density at radius 1 is 1.37 bits per heavy atom. The summed E-state index contributed by atoms with van der Waals surface area (Å²) < 4.78 is 0. The average Bonchev–Trinajstić information content (AvgIpc) is 2.34. The highest BCUT2D eigenvalue weighted by atomic mass is 79.9. The van der Waals surface area contributed by atoms with Crippen molar-refractivity contribution in [2.45, 2.75) is 45.6 Å². The summed E-state index contributed by atoms with van der Waals surface area (Å²) >= 11 is 3.46. The number of rotatable bonds is 5. The minimum Gasteiger partial charge on any atom is -0.336 e. The van der Waals surface area contributed by atoms with Gasteiger partial charge in [0, 0.05) is 23.5 Å². The van der Waals surface area contributed by atoms with E-state index >= 15 is 0 Å². The Morgan fingerprint density at radius 2 is 2.11 bits per heavy atom. The summed E-state index contributed by atoms with van der Waals surface area (Å²) in [5.41, 5.74) is 3.11. The van der Waals surface area contributed by atoms with E-state index in [9.17, 15) is 4.79 Å². The van der Waals surface area contributed by atoms with E-state index in [1.165, 1.54) is 19.3 Å². The first kappa shape index (κ1) is 14.6. The van der Waals surface area contributed by atoms with Crippen LogP contribution in [0.2, 0.25) is 0 Å². The number of amides is 1. The third kappa shape index (κ3) is 3.38. The Morgan fingerprint density at radius 3 is 2.68 bits per heavy atom. The molecule has 0 N–H and O–H groups in total. The second-order valence-electron chi connectivity index (χ2n) is 5.44. The van der Waals surface area contributed by atoms with E-state index < -0.39 is 0 Å². The van der Waals surface area contributed by atoms with Crippen molar-refractivity contribution >= 4 is 21.8 Å². The van der Waals surface area contributed by atoms with Gasteiger partial charge in [-0.05, 0) is 51.2 Å². The molecule has 1 amide bonds. The lowest BCUT2D eigenvalue weighted by atomic mass is 9.90. The number of hydrogen-bond donors (Lipinski definition) is 0. The van der Waals surface area contributed by atoms with Gasteiger partial charge in [0.2, 0.25) is 0 Å². The number of benzene rings is 1. The zero-order valence-corrected chi connectivity index (χ0v) is 13.4. The van der Waals surface area contributed by atoms with Crippen LogP contribution in [-0.4, -0.2) is 28.7 Å². The summed E-state index contributed by atoms with van der Waals surface area (Å²) in [6.07, 6.45) is 4.61. The molecule has 1 saturated carbocycles. The molecule has 0 radical (unpaired) electrons. The molecule has 1 fully saturated rings. The van der Waals surface area contributed by atoms with Crippen molar-refractivity contribution in [1.82, 2.24) is 4.90 Å². The van der Waals surface area contributed by atoms with Crippen molar-refractivity contribution in [3.8, 4) is 0 Å². The number of carbonyl (C=O) groups excluding carboxylic acids is 1. The van der Waals surface area contributed by atoms with Crippen LogP contribution in [0.15, 0.2) is 18.2 Å². The molecule has 0 atom stereocenters. The maximum absolute atomic E-state index is 12.8. The van der Waals surface area contributed by atoms with Crippen molar-refractivity contribution < 1.29 is 4.79 Å². The molecule has 0 aromatic heterocycles. The van der Waals surface area contributed by atoms with E-state index in [1.807, 2.05) is 26.0 Å². The fourth-order valence-electron chi connectivity index (χ4n) is 2.50. The molecule has 0 heterocycles. The summed E-state index contributed by atoms with van der Waals surface area (Å²) in [6.45, 7) is 4.93. The second-order valence-corrected chi connectivity index (χ2v) is 6.24. The topological polar surface area (TPSA) is 20.3 Å². The van der Waals surface area contributed by atoms with Crippen molar-refractivity contribution in [3.63, 3.8) is 0 Å². The van der Waals surface area contributed by atoms with Gasteiger partial charge >= 0.3 is 0 Å². The predicted octanol–water partition coefficient (Wildman–Crippen LogP) is 4.08. The molecule has 3 heteroatoms. The van der Waals surface area contributed by atoms with Gasteiger partial charge in [0.25, 0.3) is 5.91 Å². The molecule has 0 saturated heterocycles. The van der Waals surface area contributed by atoms with Crippen LogP contribution in [0.25, 0.3) is 0 Å². The monoisotopic (exact) mass is 323 g/mol. The first-order valence-electron chi connectivity index (χ1n) is 7.07. The van der Waals surface area contributed by atoms with E-state index in [0.29, 0.717) is 6.04 Å². The summed E-state index contributed by atoms with van der Waals surface area (Å²) in [5.74, 6) is 0.215. The quantitative estimate of drug-likeness (QED) is 0.747. The molecule has 1 aromatic carbocycles. The third-order valence-electron chi connectivity index (χ3n) is 3.93. The highest BCUT2D eigenvalue weighted by Gasteiger charge is 2.29. The van der Waals surface area contributed by atoms with Crippen LogP contribution in [0.4, 0.5) is 0 Å². The van der Waals surface area contributed by atoms with Crippen molar-refractivity contribution in [2.75, 3.05) is 11.9 Å². The minimum absolute atomic E-state index is 0.215. The summed E-state index contributed by atoms with van der Waals surface area (Å²) in [7, 11) is 0. The van der Waals surface area contributed by atoms with Crippen LogP contribution in [0.3, 0.4) is 0 Å². The summed E-state index contributed by atoms with van der Waals surface area (Å²) in [6, 6.07) is 6.60. The molecule has 104 valence electrons. The maximum Gasteiger partial charge on any atom is 0.254 e. The van der Waals surface area contributed by atoms with Crippen LogP contribution < -0.4 is 0 Å². The van der Waals surface area contributed by atoms with Crippen LogP contribution in [-0.2, 0) is 0 Å². The van der Waals surface area contributed by atoms with Gasteiger partial charge in [0.05, 0.1) is 0 Å². The van der Waals surface area contributed by atoms with E-state index in [-0.39, 0.29) is 5.91 Å². The lowest BCUT2D eigenvalue weighted by molar-refractivity contribution is 0.0580. The summed E-state index contributed by atoms with van der Waals surface area (Å²) in [4.78, 5) is 14.9. The average molecular weight is 324 g/mol. The lowest BCUT2D eigenvalue weighted by Crippen LogP contribution is -2.45. The lowest BCUT2D eigenvalue weighted by Gasteiger charge is -2.38. The Balaban J connectivity index is 2.19. The first-order valence-corrected chi connectivity index (χ1v) is 8.20. The highest BCUT2D eigenvalue weighted by molar-refractivity contribution is 9.09. The summed E-state index contributed by atoms with van der Waals surface area (Å²) in [5, 5.41) is 0.955. The molecule has 19 heavy (non-hydrogen) atoms. The molecule has 2 nitrogen and oxygen atoms in total. The van der Waals surface area contributed by atoms with Gasteiger partial charge in [-0.1, -0.05) is 33.6 Å². The van der Waals surface area contributed by atoms with E-state index in [4.69, 9.17) is 0 Å². The molecular formula is C16H22BrNO. The van der Waals surface area contributed by atoms with Crippen LogP contribution in [0, 0.1) is 13.8 Å². The normalized spacial score (nSPS) is 15.1. The largest absolute Gasteiger partial charge is 0.336 e. The van der Waals surface area contributed by atoms with E-state index in [2.05, 4.69) is 26.9 Å². The van der Waals surface area contributed by atoms with Crippen molar-refractivity contribution in [3.05, 3.63) is 34.9 Å². The van der Waals surface area contributed by atoms with Gasteiger partial charge in [-0.25, -0.2) is 0 Å². The van der Waals surface area contributed by atoms with Gasteiger partial charge in [0.15, 0.2) is 0 Å². The van der Waals surface area contributed by atoms with Crippen LogP contribution in [0.5, 0.6) is 0 Å². The standard InChI is InChI=1S/C16H22BrNO/c1-12-7-8-13(2)15(11-12)16(19)18(10-4-9-17)14-5-3-6-14/h7-8,11,14H,3-6,9-10H2,1-2H3. The fourth-order valence-corrected chi connectivity index (χ4v) is 2.75. The predicted molar refractivity (Wildman–Crippen MR) is 83.0 cm³/mol. The van der Waals surface area contributed by atoms with Gasteiger partial charge in [-0.3, -0.25) is 4.79 Å². The zero-order valence-electron chi connectivity index (χ0n) is 11.8. The molecule has 1 aromatic rings. The number of aryl methyl sites for hydroxylation is 2. The third-order valence-corrected chi connectivity index (χ3v) is 4.49. The van der Waals surface area contributed by atoms with Gasteiger partial charge < -0.3 is 4.90 Å². The number of halogens is 1. The van der Waals surface area contributed by atoms with E-state index in [1.54, 1.807) is 0 Å². The zero-order chi connectivity index (χ0) is 13.8. The Kier molecular flexibility index (Phi) is 5.03. The SMILES string of the molecule is Cc1ccc(C)c(C(=O)N(CCCBr)C2CCC2)c1. The number of carbonyl (C=O) groups is 1. The van der Waals surface area contributed by atoms with Crippen molar-refractivity contribution in [2.24, 2.45) is 0 Å². The highest BCUT2D eigenvalue weighted by Crippen LogP contribution is 2.27. The molecule has 0 bridgehead atoms. The molecule has 0 spiro atoms. The number of alkyl halides is 1. The Hall–Kier alpha value is -0.830. The second kappa shape index (κ2) is 6.56. The number of hydrogen-bond acceptors (Lipinski definition) is 1. The molecule has 2 rings (SSSR count). The van der Waals surface area contributed by atoms with Crippen LogP contribution in [0.1, 0.15) is 47.2 Å². The smallest absolute Gasteiger partial charge is 0.254 e. The minimum atomic E-state index is 0.215. The molecule has 0 aliphatic heterocycles. The van der Waals surface area contributed by atoms with Gasteiger partial charge in [0.1, 0.15) is 0 Å². The first-order chi connectivity index (χ1) is 9.13. The Labute approximate surface area is 124 Å². The van der Waals surface area contributed by atoms with Crippen molar-refractivity contribution in [1.29, 1.82) is 0 Å². The molecule has 0 unspecified atom stereocenters. The van der Waals surface area contributed by atoms with E-state index in [0.717, 1.165) is 35.0 Å². The molecule has 1 aliphatic carbocycles. The maximum atomic E-state index is 12.8. The van der Waals surface area contributed by atoms with Crippen LogP contribution >= 0.6 is 15.9 Å². The van der Waals surface area contributed by atoms with Gasteiger partial charge in [-0.15, -0.1) is 0 Å².